The summed E-state index contributed by atoms with van der Waals surface area (Å²) >= 11 is 0. The zero-order valence-corrected chi connectivity index (χ0v) is 14.1. The van der Waals surface area contributed by atoms with Crippen molar-refractivity contribution in [2.45, 2.75) is 66.5 Å². The lowest BCUT2D eigenvalue weighted by atomic mass is 10.1. The van der Waals surface area contributed by atoms with Gasteiger partial charge in [0, 0.05) is 5.57 Å². The number of esters is 1. The van der Waals surface area contributed by atoms with Crippen molar-refractivity contribution in [3.05, 3.63) is 10.8 Å². The van der Waals surface area contributed by atoms with Crippen molar-refractivity contribution in [1.29, 1.82) is 0 Å². The second-order valence-corrected chi connectivity index (χ2v) is 9.73. The van der Waals surface area contributed by atoms with E-state index in [0.29, 0.717) is 11.0 Å². The van der Waals surface area contributed by atoms with Gasteiger partial charge in [-0.15, -0.1) is 0 Å². The minimum atomic E-state index is -0.429. The summed E-state index contributed by atoms with van der Waals surface area (Å²) in [4.78, 5) is 11.9. The Labute approximate surface area is 109 Å². The lowest BCUT2D eigenvalue weighted by Gasteiger charge is -2.24. The zero-order chi connectivity index (χ0) is 13.8. The Hall–Kier alpha value is -0.573. The quantitative estimate of drug-likeness (QED) is 0.438. The molecule has 0 heterocycles. The van der Waals surface area contributed by atoms with E-state index in [-0.39, 0.29) is 12.1 Å². The molecule has 0 rings (SSSR count). The summed E-state index contributed by atoms with van der Waals surface area (Å²) in [7, 11) is -0.429. The molecule has 0 spiro atoms. The van der Waals surface area contributed by atoms with Crippen LogP contribution in [0.2, 0.25) is 5.04 Å². The van der Waals surface area contributed by atoms with E-state index in [4.69, 9.17) is 4.74 Å². The predicted molar refractivity (Wildman–Crippen MR) is 77.0 cm³/mol. The van der Waals surface area contributed by atoms with E-state index in [1.165, 1.54) is 5.20 Å². The van der Waals surface area contributed by atoms with Gasteiger partial charge in [-0.3, -0.25) is 0 Å². The number of rotatable bonds is 4. The normalized spacial score (nSPS) is 14.7. The number of allylic oxidation sites excluding steroid dienone is 1. The van der Waals surface area contributed by atoms with E-state index in [1.807, 2.05) is 20.8 Å². The Balaban J connectivity index is 5.06. The fraction of sp³-hybridized carbons (Fsp3) is 0.786. The third-order valence-corrected chi connectivity index (χ3v) is 5.34. The van der Waals surface area contributed by atoms with Gasteiger partial charge in [0.25, 0.3) is 0 Å². The summed E-state index contributed by atoms with van der Waals surface area (Å²) in [6, 6.07) is 0. The molecule has 0 aliphatic carbocycles. The van der Waals surface area contributed by atoms with Gasteiger partial charge in [0.2, 0.25) is 0 Å². The molecule has 0 radical (unpaired) electrons. The minimum absolute atomic E-state index is 0.0397. The molecule has 17 heavy (non-hydrogen) atoms. The van der Waals surface area contributed by atoms with Crippen LogP contribution in [0.5, 0.6) is 0 Å². The van der Waals surface area contributed by atoms with Gasteiger partial charge in [-0.25, -0.2) is 4.79 Å². The summed E-state index contributed by atoms with van der Waals surface area (Å²) in [5.74, 6) is 0.307. The maximum Gasteiger partial charge on any atom is 0.333 e. The van der Waals surface area contributed by atoms with E-state index in [9.17, 15) is 4.79 Å². The second kappa shape index (κ2) is 6.38. The van der Waals surface area contributed by atoms with Crippen LogP contribution < -0.4 is 0 Å². The highest BCUT2D eigenvalue weighted by atomic mass is 28.2. The van der Waals surface area contributed by atoms with Crippen molar-refractivity contribution in [1.82, 2.24) is 0 Å². The maximum atomic E-state index is 11.9. The van der Waals surface area contributed by atoms with Crippen molar-refractivity contribution < 1.29 is 9.53 Å². The lowest BCUT2D eigenvalue weighted by molar-refractivity contribution is -0.142. The first-order valence-corrected chi connectivity index (χ1v) is 7.86. The first-order valence-electron chi connectivity index (χ1n) is 6.45. The summed E-state index contributed by atoms with van der Waals surface area (Å²) in [6.07, 6.45) is -0.0397. The fourth-order valence-corrected chi connectivity index (χ4v) is 3.74. The predicted octanol–water partition coefficient (Wildman–Crippen LogP) is 3.26. The lowest BCUT2D eigenvalue weighted by Crippen LogP contribution is -2.21. The largest absolute Gasteiger partial charge is 0.460 e. The Morgan fingerprint density at radius 1 is 1.12 bits per heavy atom. The molecule has 100 valence electrons. The molecule has 0 bridgehead atoms. The minimum Gasteiger partial charge on any atom is -0.460 e. The first kappa shape index (κ1) is 16.4. The Bertz CT molecular complexity index is 296. The highest BCUT2D eigenvalue weighted by molar-refractivity contribution is 6.49. The SMILES string of the molecule is CC(C(=O)OC(C)C)=C([SiH2]C(C)(C)C)C(C)C. The van der Waals surface area contributed by atoms with Crippen molar-refractivity contribution in [3.63, 3.8) is 0 Å². The van der Waals surface area contributed by atoms with Crippen LogP contribution >= 0.6 is 0 Å². The van der Waals surface area contributed by atoms with Crippen molar-refractivity contribution in [2.24, 2.45) is 5.92 Å². The number of carbonyl (C=O) groups excluding carboxylic acids is 1. The third-order valence-electron chi connectivity index (χ3n) is 2.55. The zero-order valence-electron chi connectivity index (χ0n) is 12.7. The molecule has 0 saturated heterocycles. The van der Waals surface area contributed by atoms with E-state index in [2.05, 4.69) is 34.6 Å². The molecular weight excluding hydrogens is 228 g/mol. The molecular formula is C14H28O2Si. The molecule has 0 fully saturated rings. The highest BCUT2D eigenvalue weighted by Gasteiger charge is 2.21. The van der Waals surface area contributed by atoms with Crippen molar-refractivity contribution in [3.8, 4) is 0 Å². The Morgan fingerprint density at radius 3 is 1.88 bits per heavy atom. The monoisotopic (exact) mass is 256 g/mol. The highest BCUT2D eigenvalue weighted by Crippen LogP contribution is 2.28. The Morgan fingerprint density at radius 2 is 1.59 bits per heavy atom. The molecule has 0 aliphatic rings. The van der Waals surface area contributed by atoms with E-state index >= 15 is 0 Å². The fourth-order valence-electron chi connectivity index (χ4n) is 1.77. The number of hydrogen-bond acceptors (Lipinski definition) is 2. The molecule has 0 aromatic carbocycles. The second-order valence-electron chi connectivity index (χ2n) is 6.50. The van der Waals surface area contributed by atoms with E-state index < -0.39 is 9.52 Å². The van der Waals surface area contributed by atoms with Crippen molar-refractivity contribution in [2.75, 3.05) is 0 Å². The van der Waals surface area contributed by atoms with Gasteiger partial charge >= 0.3 is 5.97 Å². The maximum absolute atomic E-state index is 11.9. The van der Waals surface area contributed by atoms with Crippen LogP contribution in [-0.4, -0.2) is 21.6 Å². The standard InChI is InChI=1S/C14H28O2Si/c1-9(2)12(17-14(6,7)8)11(5)13(15)16-10(3)4/h9-10H,17H2,1-8H3. The van der Waals surface area contributed by atoms with Crippen molar-refractivity contribution >= 4 is 15.5 Å². The van der Waals surface area contributed by atoms with Crippen LogP contribution in [0, 0.1) is 5.92 Å². The molecule has 0 aliphatic heterocycles. The van der Waals surface area contributed by atoms with Gasteiger partial charge < -0.3 is 4.74 Å². The van der Waals surface area contributed by atoms with Gasteiger partial charge in [-0.2, -0.15) is 0 Å². The van der Waals surface area contributed by atoms with Crippen LogP contribution in [0.15, 0.2) is 10.8 Å². The van der Waals surface area contributed by atoms with Gasteiger partial charge in [-0.1, -0.05) is 39.8 Å². The van der Waals surface area contributed by atoms with Crippen LogP contribution in [0.1, 0.15) is 55.4 Å². The average molecular weight is 256 g/mol. The smallest absolute Gasteiger partial charge is 0.333 e. The molecule has 0 saturated carbocycles. The van der Waals surface area contributed by atoms with Crippen LogP contribution in [0.3, 0.4) is 0 Å². The number of ether oxygens (including phenoxy) is 1. The summed E-state index contributed by atoms with van der Waals surface area (Å²) < 4.78 is 5.28. The van der Waals surface area contributed by atoms with Gasteiger partial charge in [0.05, 0.1) is 15.6 Å². The number of hydrogen-bond donors (Lipinski definition) is 0. The third kappa shape index (κ3) is 6.67. The van der Waals surface area contributed by atoms with Gasteiger partial charge in [0.1, 0.15) is 0 Å². The molecule has 0 atom stereocenters. The van der Waals surface area contributed by atoms with Crippen LogP contribution in [0.4, 0.5) is 0 Å². The topological polar surface area (TPSA) is 26.3 Å². The molecule has 0 N–H and O–H groups in total. The first-order chi connectivity index (χ1) is 7.54. The number of carbonyl (C=O) groups is 1. The summed E-state index contributed by atoms with van der Waals surface area (Å²) in [5, 5.41) is 1.68. The Kier molecular flexibility index (Phi) is 6.17. The average Bonchev–Trinajstić information content (AvgIpc) is 2.10. The molecule has 0 amide bonds. The summed E-state index contributed by atoms with van der Waals surface area (Å²) in [6.45, 7) is 16.8. The molecule has 3 heteroatoms. The summed E-state index contributed by atoms with van der Waals surface area (Å²) in [5.41, 5.74) is 0.843. The van der Waals surface area contributed by atoms with Gasteiger partial charge in [0.15, 0.2) is 0 Å². The van der Waals surface area contributed by atoms with Crippen LogP contribution in [0.25, 0.3) is 0 Å². The molecule has 0 aromatic heterocycles. The molecule has 2 nitrogen and oxygen atoms in total. The van der Waals surface area contributed by atoms with Gasteiger partial charge in [-0.05, 0) is 31.7 Å². The molecule has 0 unspecified atom stereocenters. The van der Waals surface area contributed by atoms with E-state index in [0.717, 1.165) is 5.57 Å². The molecule has 0 aromatic rings. The van der Waals surface area contributed by atoms with Crippen LogP contribution in [-0.2, 0) is 9.53 Å². The van der Waals surface area contributed by atoms with E-state index in [1.54, 1.807) is 0 Å².